The third kappa shape index (κ3) is 2.25. The van der Waals surface area contributed by atoms with Gasteiger partial charge in [0.2, 0.25) is 0 Å². The molecule has 0 bridgehead atoms. The summed E-state index contributed by atoms with van der Waals surface area (Å²) in [6.45, 7) is 14.1. The molecular formula is C21H34. The molecule has 0 radical (unpaired) electrons. The summed E-state index contributed by atoms with van der Waals surface area (Å²) in [6.07, 6.45) is 15.9. The van der Waals surface area contributed by atoms with Crippen molar-refractivity contribution in [1.82, 2.24) is 0 Å². The molecule has 3 aliphatic carbocycles. The van der Waals surface area contributed by atoms with E-state index in [1.165, 1.54) is 51.4 Å². The lowest BCUT2D eigenvalue weighted by atomic mass is 9.45. The quantitative estimate of drug-likeness (QED) is 0.506. The van der Waals surface area contributed by atoms with Crippen LogP contribution in [0.2, 0.25) is 0 Å². The highest BCUT2D eigenvalue weighted by Crippen LogP contribution is 2.64. The van der Waals surface area contributed by atoms with Crippen LogP contribution >= 0.6 is 0 Å². The van der Waals surface area contributed by atoms with Gasteiger partial charge in [-0.2, -0.15) is 0 Å². The van der Waals surface area contributed by atoms with Crippen LogP contribution in [0.15, 0.2) is 24.3 Å². The fraction of sp³-hybridized carbons (Fsp3) is 0.810. The molecule has 3 aliphatic rings. The van der Waals surface area contributed by atoms with Gasteiger partial charge in [0, 0.05) is 0 Å². The summed E-state index contributed by atoms with van der Waals surface area (Å²) in [5, 5.41) is 0. The highest BCUT2D eigenvalue weighted by Gasteiger charge is 2.54. The Morgan fingerprint density at radius 1 is 1.24 bits per heavy atom. The maximum atomic E-state index is 4.10. The van der Waals surface area contributed by atoms with Gasteiger partial charge in [-0.05, 0) is 66.6 Å². The molecule has 0 spiro atoms. The molecule has 0 aromatic carbocycles. The van der Waals surface area contributed by atoms with Gasteiger partial charge in [0.25, 0.3) is 0 Å². The molecule has 0 heterocycles. The molecule has 0 aliphatic heterocycles. The van der Waals surface area contributed by atoms with Gasteiger partial charge < -0.3 is 0 Å². The Hall–Kier alpha value is -0.520. The van der Waals surface area contributed by atoms with Crippen LogP contribution in [0.5, 0.6) is 0 Å². The van der Waals surface area contributed by atoms with Crippen molar-refractivity contribution in [3.05, 3.63) is 24.3 Å². The van der Waals surface area contributed by atoms with Crippen molar-refractivity contribution in [3.8, 4) is 0 Å². The molecule has 3 rings (SSSR count). The third-order valence-corrected chi connectivity index (χ3v) is 7.87. The second kappa shape index (κ2) is 5.00. The number of fused-ring (bicyclic) bond motifs is 3. The van der Waals surface area contributed by atoms with Crippen LogP contribution < -0.4 is 0 Å². The van der Waals surface area contributed by atoms with E-state index in [0.717, 1.165) is 11.8 Å². The summed E-state index contributed by atoms with van der Waals surface area (Å²) in [7, 11) is 0. The van der Waals surface area contributed by atoms with Gasteiger partial charge in [0.1, 0.15) is 0 Å². The molecule has 2 saturated carbocycles. The van der Waals surface area contributed by atoms with E-state index in [4.69, 9.17) is 0 Å². The second-order valence-electron chi connectivity index (χ2n) is 9.06. The highest BCUT2D eigenvalue weighted by molar-refractivity contribution is 5.25. The Balaban J connectivity index is 1.94. The predicted octanol–water partition coefficient (Wildman–Crippen LogP) is 6.53. The lowest BCUT2D eigenvalue weighted by Crippen LogP contribution is -2.51. The third-order valence-electron chi connectivity index (χ3n) is 7.87. The van der Waals surface area contributed by atoms with Crippen molar-refractivity contribution >= 4 is 0 Å². The van der Waals surface area contributed by atoms with Gasteiger partial charge in [-0.3, -0.25) is 0 Å². The molecule has 0 amide bonds. The van der Waals surface area contributed by atoms with Gasteiger partial charge in [-0.15, -0.1) is 6.58 Å². The lowest BCUT2D eigenvalue weighted by molar-refractivity contribution is -0.0595. The van der Waals surface area contributed by atoms with Gasteiger partial charge >= 0.3 is 0 Å². The van der Waals surface area contributed by atoms with Gasteiger partial charge in [0.15, 0.2) is 0 Å². The minimum Gasteiger partial charge on any atom is -0.103 e. The molecule has 0 nitrogen and oxygen atoms in total. The van der Waals surface area contributed by atoms with Gasteiger partial charge in [-0.25, -0.2) is 0 Å². The molecule has 2 fully saturated rings. The van der Waals surface area contributed by atoms with Gasteiger partial charge in [0.05, 0.1) is 0 Å². The van der Waals surface area contributed by atoms with Crippen molar-refractivity contribution in [2.45, 2.75) is 79.1 Å². The molecule has 0 N–H and O–H groups in total. The average Bonchev–Trinajstić information content (AvgIpc) is 2.46. The largest absolute Gasteiger partial charge is 0.103 e. The molecule has 0 aromatic rings. The van der Waals surface area contributed by atoms with E-state index >= 15 is 0 Å². The fourth-order valence-electron chi connectivity index (χ4n) is 6.16. The van der Waals surface area contributed by atoms with Crippen molar-refractivity contribution in [2.75, 3.05) is 0 Å². The monoisotopic (exact) mass is 286 g/mol. The van der Waals surface area contributed by atoms with Crippen LogP contribution in [-0.2, 0) is 0 Å². The summed E-state index contributed by atoms with van der Waals surface area (Å²) in [5.74, 6) is 1.76. The van der Waals surface area contributed by atoms with E-state index in [1.807, 2.05) is 0 Å². The topological polar surface area (TPSA) is 0 Å². The van der Waals surface area contributed by atoms with Crippen LogP contribution in [0.3, 0.4) is 0 Å². The van der Waals surface area contributed by atoms with Crippen LogP contribution in [-0.4, -0.2) is 0 Å². The number of rotatable bonds is 2. The molecule has 21 heavy (non-hydrogen) atoms. The zero-order valence-electron chi connectivity index (χ0n) is 14.7. The van der Waals surface area contributed by atoms with Crippen LogP contribution in [0, 0.1) is 28.1 Å². The maximum absolute atomic E-state index is 4.10. The molecule has 0 unspecified atom stereocenters. The zero-order valence-corrected chi connectivity index (χ0v) is 14.7. The van der Waals surface area contributed by atoms with E-state index in [1.54, 1.807) is 5.57 Å². The Morgan fingerprint density at radius 3 is 2.67 bits per heavy atom. The van der Waals surface area contributed by atoms with E-state index < -0.39 is 0 Å². The van der Waals surface area contributed by atoms with Crippen molar-refractivity contribution in [1.29, 1.82) is 0 Å². The molecule has 0 saturated heterocycles. The SMILES string of the molecule is C=C[C@@]1(C)CC[C@H]2C(=CC[C@H]3[C@](C)(CC)CCC[C@]23C)C1. The first kappa shape index (κ1) is 15.4. The fourth-order valence-corrected chi connectivity index (χ4v) is 6.16. The van der Waals surface area contributed by atoms with Crippen molar-refractivity contribution in [2.24, 2.45) is 28.1 Å². The van der Waals surface area contributed by atoms with E-state index in [2.05, 4.69) is 46.4 Å². The van der Waals surface area contributed by atoms with Crippen molar-refractivity contribution in [3.63, 3.8) is 0 Å². The first-order valence-electron chi connectivity index (χ1n) is 9.19. The standard InChI is InChI=1S/C21H34/c1-6-19(3)14-11-17-16(15-19)9-10-18-20(4,7-2)12-8-13-21(17,18)5/h6,9,17-18H,1,7-8,10-15H2,2-5H3/t17-,18-,19-,20+,21+/m0/s1. The summed E-state index contributed by atoms with van der Waals surface area (Å²) in [6, 6.07) is 0. The second-order valence-corrected chi connectivity index (χ2v) is 9.06. The predicted molar refractivity (Wildman–Crippen MR) is 92.2 cm³/mol. The summed E-state index contributed by atoms with van der Waals surface area (Å²) >= 11 is 0. The number of hydrogen-bond acceptors (Lipinski definition) is 0. The molecule has 0 aromatic heterocycles. The first-order chi connectivity index (χ1) is 9.87. The Kier molecular flexibility index (Phi) is 3.66. The number of hydrogen-bond donors (Lipinski definition) is 0. The summed E-state index contributed by atoms with van der Waals surface area (Å²) < 4.78 is 0. The Bertz CT molecular complexity index is 459. The minimum absolute atomic E-state index is 0.355. The highest BCUT2D eigenvalue weighted by atomic mass is 14.6. The molecule has 5 atom stereocenters. The maximum Gasteiger partial charge on any atom is -0.0112 e. The lowest BCUT2D eigenvalue weighted by Gasteiger charge is -2.60. The van der Waals surface area contributed by atoms with Crippen LogP contribution in [0.25, 0.3) is 0 Å². The number of allylic oxidation sites excluding steroid dienone is 3. The normalized spacial score (nSPS) is 49.8. The van der Waals surface area contributed by atoms with E-state index in [0.29, 0.717) is 16.2 Å². The molecular weight excluding hydrogens is 252 g/mol. The van der Waals surface area contributed by atoms with Crippen LogP contribution in [0.4, 0.5) is 0 Å². The first-order valence-corrected chi connectivity index (χ1v) is 9.19. The van der Waals surface area contributed by atoms with E-state index in [-0.39, 0.29) is 0 Å². The minimum atomic E-state index is 0.355. The smallest absolute Gasteiger partial charge is 0.0112 e. The van der Waals surface area contributed by atoms with Crippen molar-refractivity contribution < 1.29 is 0 Å². The van der Waals surface area contributed by atoms with Crippen LogP contribution in [0.1, 0.15) is 79.1 Å². The zero-order chi connectivity index (χ0) is 15.3. The molecule has 118 valence electrons. The molecule has 0 heteroatoms. The summed E-state index contributed by atoms with van der Waals surface area (Å²) in [4.78, 5) is 0. The van der Waals surface area contributed by atoms with E-state index in [9.17, 15) is 0 Å². The Labute approximate surface area is 132 Å². The van der Waals surface area contributed by atoms with Gasteiger partial charge in [-0.1, -0.05) is 58.3 Å². The average molecular weight is 287 g/mol. The summed E-state index contributed by atoms with van der Waals surface area (Å²) in [5.41, 5.74) is 3.28. The Morgan fingerprint density at radius 2 is 2.00 bits per heavy atom.